The van der Waals surface area contributed by atoms with E-state index in [-0.39, 0.29) is 12.2 Å². The number of nitrogens with zero attached hydrogens (tertiary/aromatic N) is 3. The van der Waals surface area contributed by atoms with Gasteiger partial charge in [0.15, 0.2) is 5.13 Å². The standard InChI is InChI=1S/C12H17N3OS.CO2/c1-9-8-17-11(13-9)15-7-6-14(12(15)16)5-4-10-2-3-10;2-1-3/h8,10H,2-7H2,1H3;. The third-order valence-electron chi connectivity index (χ3n) is 3.44. The van der Waals surface area contributed by atoms with Crippen molar-refractivity contribution in [2.75, 3.05) is 24.5 Å². The van der Waals surface area contributed by atoms with Crippen LogP contribution in [0, 0.1) is 12.8 Å². The first-order valence-corrected chi connectivity index (χ1v) is 7.51. The average molecular weight is 295 g/mol. The lowest BCUT2D eigenvalue weighted by Crippen LogP contribution is -2.32. The van der Waals surface area contributed by atoms with Crippen molar-refractivity contribution in [3.8, 4) is 0 Å². The predicted octanol–water partition coefficient (Wildman–Crippen LogP) is 1.91. The molecule has 0 aromatic carbocycles. The molecule has 0 unspecified atom stereocenters. The van der Waals surface area contributed by atoms with Crippen molar-refractivity contribution in [2.24, 2.45) is 5.92 Å². The average Bonchev–Trinajstić information content (AvgIpc) is 3.04. The van der Waals surface area contributed by atoms with Crippen LogP contribution in [0.1, 0.15) is 25.0 Å². The largest absolute Gasteiger partial charge is 0.373 e. The molecule has 2 aliphatic rings. The molecule has 0 N–H and O–H groups in total. The molecule has 0 spiro atoms. The second kappa shape index (κ2) is 6.63. The van der Waals surface area contributed by atoms with Crippen LogP contribution in [0.4, 0.5) is 9.93 Å². The van der Waals surface area contributed by atoms with Crippen LogP contribution in [0.2, 0.25) is 0 Å². The molecule has 1 aromatic rings. The quantitative estimate of drug-likeness (QED) is 0.850. The molecule has 7 heteroatoms. The highest BCUT2D eigenvalue weighted by Gasteiger charge is 2.32. The Morgan fingerprint density at radius 3 is 2.65 bits per heavy atom. The summed E-state index contributed by atoms with van der Waals surface area (Å²) >= 11 is 1.56. The smallest absolute Gasteiger partial charge is 0.322 e. The number of amides is 2. The number of aromatic nitrogens is 1. The first kappa shape index (κ1) is 14.7. The van der Waals surface area contributed by atoms with Gasteiger partial charge in [0.25, 0.3) is 0 Å². The van der Waals surface area contributed by atoms with E-state index in [1.165, 1.54) is 19.3 Å². The van der Waals surface area contributed by atoms with Gasteiger partial charge >= 0.3 is 12.2 Å². The molecular weight excluding hydrogens is 278 g/mol. The minimum atomic E-state index is 0.139. The summed E-state index contributed by atoms with van der Waals surface area (Å²) in [5.74, 6) is 0.888. The second-order valence-electron chi connectivity index (χ2n) is 5.01. The number of thiazole rings is 1. The normalized spacial score (nSPS) is 17.8. The lowest BCUT2D eigenvalue weighted by atomic mass is 10.3. The van der Waals surface area contributed by atoms with Crippen molar-refractivity contribution >= 4 is 28.7 Å². The summed E-state index contributed by atoms with van der Waals surface area (Å²) < 4.78 is 0. The Labute approximate surface area is 121 Å². The third-order valence-corrected chi connectivity index (χ3v) is 4.42. The molecule has 0 atom stereocenters. The molecule has 1 aliphatic carbocycles. The molecule has 20 heavy (non-hydrogen) atoms. The SMILES string of the molecule is Cc1csc(N2CCN(CCC3CC3)C2=O)n1.O=C=O. The number of hydrogen-bond donors (Lipinski definition) is 0. The Morgan fingerprint density at radius 1 is 1.40 bits per heavy atom. The molecule has 1 saturated carbocycles. The zero-order valence-electron chi connectivity index (χ0n) is 11.4. The molecule has 0 radical (unpaired) electrons. The van der Waals surface area contributed by atoms with E-state index in [4.69, 9.17) is 9.59 Å². The number of anilines is 1. The number of carbonyl (C=O) groups excluding carboxylic acids is 3. The topological polar surface area (TPSA) is 70.6 Å². The van der Waals surface area contributed by atoms with Gasteiger partial charge in [-0.25, -0.2) is 9.78 Å². The maximum Gasteiger partial charge on any atom is 0.373 e. The Kier molecular flexibility index (Phi) is 4.87. The molecule has 1 saturated heterocycles. The highest BCUT2D eigenvalue weighted by molar-refractivity contribution is 7.14. The molecule has 3 rings (SSSR count). The van der Waals surface area contributed by atoms with Gasteiger partial charge in [-0.05, 0) is 19.3 Å². The number of aryl methyl sites for hydroxylation is 1. The highest BCUT2D eigenvalue weighted by atomic mass is 32.1. The summed E-state index contributed by atoms with van der Waals surface area (Å²) in [5, 5.41) is 2.84. The van der Waals surface area contributed by atoms with E-state index >= 15 is 0 Å². The van der Waals surface area contributed by atoms with Crippen LogP contribution in [0.3, 0.4) is 0 Å². The lowest BCUT2D eigenvalue weighted by molar-refractivity contribution is -0.191. The fourth-order valence-electron chi connectivity index (χ4n) is 2.18. The van der Waals surface area contributed by atoms with Gasteiger partial charge in [-0.1, -0.05) is 12.8 Å². The Bertz CT molecular complexity index is 507. The first-order chi connectivity index (χ1) is 9.65. The van der Waals surface area contributed by atoms with E-state index in [0.717, 1.165) is 36.4 Å². The van der Waals surface area contributed by atoms with Gasteiger partial charge in [-0.3, -0.25) is 4.90 Å². The molecule has 2 heterocycles. The van der Waals surface area contributed by atoms with Crippen molar-refractivity contribution in [3.63, 3.8) is 0 Å². The van der Waals surface area contributed by atoms with Crippen LogP contribution in [-0.2, 0) is 9.59 Å². The Hall–Kier alpha value is -1.72. The Balaban J connectivity index is 0.000000452. The van der Waals surface area contributed by atoms with Gasteiger partial charge in [-0.2, -0.15) is 9.59 Å². The van der Waals surface area contributed by atoms with E-state index in [2.05, 4.69) is 4.98 Å². The fourth-order valence-corrected chi connectivity index (χ4v) is 3.00. The summed E-state index contributed by atoms with van der Waals surface area (Å²) in [4.78, 5) is 36.6. The van der Waals surface area contributed by atoms with Gasteiger partial charge in [0, 0.05) is 25.0 Å². The molecular formula is C13H17N3O3S. The van der Waals surface area contributed by atoms with Crippen molar-refractivity contribution in [3.05, 3.63) is 11.1 Å². The molecule has 1 aliphatic heterocycles. The van der Waals surface area contributed by atoms with E-state index in [1.54, 1.807) is 11.3 Å². The minimum Gasteiger partial charge on any atom is -0.322 e. The lowest BCUT2D eigenvalue weighted by Gasteiger charge is -2.16. The molecule has 1 aromatic heterocycles. The Morgan fingerprint density at radius 2 is 2.10 bits per heavy atom. The molecule has 108 valence electrons. The van der Waals surface area contributed by atoms with Crippen molar-refractivity contribution in [1.29, 1.82) is 0 Å². The number of urea groups is 1. The molecule has 2 amide bonds. The van der Waals surface area contributed by atoms with Gasteiger partial charge in [0.05, 0.1) is 5.69 Å². The van der Waals surface area contributed by atoms with Crippen molar-refractivity contribution in [1.82, 2.24) is 9.88 Å². The zero-order chi connectivity index (χ0) is 14.5. The number of carbonyl (C=O) groups is 1. The van der Waals surface area contributed by atoms with Crippen LogP contribution in [-0.4, -0.2) is 41.7 Å². The van der Waals surface area contributed by atoms with Gasteiger partial charge in [0.1, 0.15) is 0 Å². The number of rotatable bonds is 4. The molecule has 0 bridgehead atoms. The van der Waals surface area contributed by atoms with Gasteiger partial charge in [-0.15, -0.1) is 11.3 Å². The third kappa shape index (κ3) is 3.65. The van der Waals surface area contributed by atoms with Crippen LogP contribution >= 0.6 is 11.3 Å². The summed E-state index contributed by atoms with van der Waals surface area (Å²) in [7, 11) is 0. The zero-order valence-corrected chi connectivity index (χ0v) is 12.2. The molecule has 2 fully saturated rings. The predicted molar refractivity (Wildman–Crippen MR) is 73.5 cm³/mol. The maximum absolute atomic E-state index is 12.2. The van der Waals surface area contributed by atoms with E-state index < -0.39 is 0 Å². The summed E-state index contributed by atoms with van der Waals surface area (Å²) in [5.41, 5.74) is 0.995. The number of hydrogen-bond acceptors (Lipinski definition) is 5. The minimum absolute atomic E-state index is 0.139. The summed E-state index contributed by atoms with van der Waals surface area (Å²) in [6, 6.07) is 0.139. The highest BCUT2D eigenvalue weighted by Crippen LogP contribution is 2.33. The van der Waals surface area contributed by atoms with Crippen LogP contribution in [0.25, 0.3) is 0 Å². The van der Waals surface area contributed by atoms with E-state index in [1.807, 2.05) is 22.1 Å². The van der Waals surface area contributed by atoms with Crippen LogP contribution in [0.15, 0.2) is 5.38 Å². The first-order valence-electron chi connectivity index (χ1n) is 6.63. The summed E-state index contributed by atoms with van der Waals surface area (Å²) in [6.45, 7) is 4.52. The van der Waals surface area contributed by atoms with Crippen molar-refractivity contribution < 1.29 is 14.4 Å². The van der Waals surface area contributed by atoms with Gasteiger partial charge < -0.3 is 4.90 Å². The van der Waals surface area contributed by atoms with Crippen LogP contribution < -0.4 is 4.90 Å². The summed E-state index contributed by atoms with van der Waals surface area (Å²) in [6.07, 6.45) is 4.14. The van der Waals surface area contributed by atoms with Crippen LogP contribution in [0.5, 0.6) is 0 Å². The van der Waals surface area contributed by atoms with E-state index in [9.17, 15) is 4.79 Å². The van der Waals surface area contributed by atoms with E-state index in [0.29, 0.717) is 0 Å². The van der Waals surface area contributed by atoms with Crippen molar-refractivity contribution in [2.45, 2.75) is 26.2 Å². The molecule has 6 nitrogen and oxygen atoms in total. The second-order valence-corrected chi connectivity index (χ2v) is 5.84. The monoisotopic (exact) mass is 295 g/mol. The maximum atomic E-state index is 12.2. The van der Waals surface area contributed by atoms with Gasteiger partial charge in [0.2, 0.25) is 0 Å². The fraction of sp³-hybridized carbons (Fsp3) is 0.615.